The van der Waals surface area contributed by atoms with E-state index >= 15 is 0 Å². The van der Waals surface area contributed by atoms with Crippen LogP contribution in [0.1, 0.15) is 22.9 Å². The molecule has 1 aliphatic heterocycles. The van der Waals surface area contributed by atoms with Gasteiger partial charge in [-0.25, -0.2) is 4.39 Å². The zero-order valence-corrected chi connectivity index (χ0v) is 18.8. The van der Waals surface area contributed by atoms with E-state index in [2.05, 4.69) is 5.16 Å². The van der Waals surface area contributed by atoms with Gasteiger partial charge in [0.25, 0.3) is 5.78 Å². The standard InChI is InChI=1S/C24H21FN2O7/c1-12-9-18(26-34-12)27-20(14-10-16(31-2)23(33-4)17(11-14)32-3)19(22(29)24(27)30)21(28)13-5-7-15(25)8-6-13/h5-11,20,28H,1-4H3/t20-/m1/s1. The van der Waals surface area contributed by atoms with Crippen molar-refractivity contribution in [1.82, 2.24) is 5.16 Å². The fourth-order valence-corrected chi connectivity index (χ4v) is 3.87. The number of halogens is 1. The van der Waals surface area contributed by atoms with Gasteiger partial charge in [0, 0.05) is 11.6 Å². The largest absolute Gasteiger partial charge is 0.507 e. The van der Waals surface area contributed by atoms with Crippen LogP contribution in [0.2, 0.25) is 0 Å². The third kappa shape index (κ3) is 3.72. The summed E-state index contributed by atoms with van der Waals surface area (Å²) in [5, 5.41) is 15.0. The summed E-state index contributed by atoms with van der Waals surface area (Å²) < 4.78 is 34.8. The van der Waals surface area contributed by atoms with Gasteiger partial charge in [-0.15, -0.1) is 0 Å². The molecule has 0 aliphatic carbocycles. The molecule has 0 radical (unpaired) electrons. The van der Waals surface area contributed by atoms with Crippen molar-refractivity contribution in [2.24, 2.45) is 0 Å². The number of carbonyl (C=O) groups is 2. The number of rotatable bonds is 6. The maximum Gasteiger partial charge on any atom is 0.301 e. The predicted molar refractivity (Wildman–Crippen MR) is 119 cm³/mol. The molecule has 1 fully saturated rings. The number of hydrogen-bond donors (Lipinski definition) is 1. The fraction of sp³-hybridized carbons (Fsp3) is 0.208. The first-order chi connectivity index (χ1) is 16.3. The minimum absolute atomic E-state index is 0.0801. The van der Waals surface area contributed by atoms with Gasteiger partial charge in [-0.05, 0) is 48.9 Å². The molecule has 1 atom stereocenters. The van der Waals surface area contributed by atoms with Crippen molar-refractivity contribution in [2.75, 3.05) is 26.2 Å². The smallest absolute Gasteiger partial charge is 0.301 e. The number of carbonyl (C=O) groups excluding carboxylic acids is 2. The highest BCUT2D eigenvalue weighted by Gasteiger charge is 2.48. The fourth-order valence-electron chi connectivity index (χ4n) is 3.87. The number of aromatic nitrogens is 1. The van der Waals surface area contributed by atoms with Crippen molar-refractivity contribution in [1.29, 1.82) is 0 Å². The van der Waals surface area contributed by atoms with Crippen LogP contribution in [0.3, 0.4) is 0 Å². The quantitative estimate of drug-likeness (QED) is 0.331. The minimum Gasteiger partial charge on any atom is -0.507 e. The molecule has 0 unspecified atom stereocenters. The molecule has 1 N–H and O–H groups in total. The Kier molecular flexibility index (Phi) is 5.97. The van der Waals surface area contributed by atoms with Crippen LogP contribution in [-0.2, 0) is 9.59 Å². The SMILES string of the molecule is COc1cc([C@@H]2C(=C(O)c3ccc(F)cc3)C(=O)C(=O)N2c2cc(C)on2)cc(OC)c1OC. The molecule has 10 heteroatoms. The summed E-state index contributed by atoms with van der Waals surface area (Å²) in [5.74, 6) is -1.49. The van der Waals surface area contributed by atoms with E-state index in [1.165, 1.54) is 39.5 Å². The van der Waals surface area contributed by atoms with Gasteiger partial charge < -0.3 is 23.8 Å². The number of aryl methyl sites for hydroxylation is 1. The number of benzene rings is 2. The molecule has 2 heterocycles. The second-order valence-corrected chi connectivity index (χ2v) is 7.43. The monoisotopic (exact) mass is 468 g/mol. The average molecular weight is 468 g/mol. The number of ether oxygens (including phenoxy) is 3. The van der Waals surface area contributed by atoms with Gasteiger partial charge >= 0.3 is 5.91 Å². The van der Waals surface area contributed by atoms with Crippen LogP contribution in [0.25, 0.3) is 5.76 Å². The molecule has 176 valence electrons. The minimum atomic E-state index is -1.12. The average Bonchev–Trinajstić information content (AvgIpc) is 3.38. The maximum absolute atomic E-state index is 13.4. The molecule has 34 heavy (non-hydrogen) atoms. The van der Waals surface area contributed by atoms with Crippen LogP contribution in [0.4, 0.5) is 10.2 Å². The Bertz CT molecular complexity index is 1270. The molecule has 3 aromatic rings. The maximum atomic E-state index is 13.4. The number of hydrogen-bond acceptors (Lipinski definition) is 8. The lowest BCUT2D eigenvalue weighted by Gasteiger charge is -2.24. The number of methoxy groups -OCH3 is 3. The summed E-state index contributed by atoms with van der Waals surface area (Å²) >= 11 is 0. The van der Waals surface area contributed by atoms with Crippen LogP contribution < -0.4 is 19.1 Å². The Balaban J connectivity index is 2.00. The molecule has 4 rings (SSSR count). The molecule has 0 saturated carbocycles. The molecule has 1 amide bonds. The lowest BCUT2D eigenvalue weighted by molar-refractivity contribution is -0.132. The van der Waals surface area contributed by atoms with Gasteiger partial charge in [-0.2, -0.15) is 0 Å². The number of aliphatic hydroxyl groups excluding tert-OH is 1. The van der Waals surface area contributed by atoms with Crippen LogP contribution in [-0.4, -0.2) is 43.3 Å². The van der Waals surface area contributed by atoms with Gasteiger partial charge in [0.15, 0.2) is 17.3 Å². The second kappa shape index (κ2) is 8.89. The first-order valence-electron chi connectivity index (χ1n) is 10.1. The molecule has 1 aliphatic rings. The van der Waals surface area contributed by atoms with E-state index < -0.39 is 29.3 Å². The van der Waals surface area contributed by atoms with E-state index in [9.17, 15) is 19.1 Å². The number of aliphatic hydroxyl groups is 1. The third-order valence-corrected chi connectivity index (χ3v) is 5.43. The van der Waals surface area contributed by atoms with Gasteiger partial charge in [-0.3, -0.25) is 14.5 Å². The lowest BCUT2D eigenvalue weighted by Crippen LogP contribution is -2.29. The molecular weight excluding hydrogens is 447 g/mol. The Morgan fingerprint density at radius 1 is 1.03 bits per heavy atom. The van der Waals surface area contributed by atoms with Gasteiger partial charge in [0.2, 0.25) is 5.75 Å². The van der Waals surface area contributed by atoms with Crippen LogP contribution in [0.15, 0.2) is 52.6 Å². The van der Waals surface area contributed by atoms with Crippen LogP contribution in [0.5, 0.6) is 17.2 Å². The molecule has 9 nitrogen and oxygen atoms in total. The first-order valence-corrected chi connectivity index (χ1v) is 10.1. The predicted octanol–water partition coefficient (Wildman–Crippen LogP) is 3.77. The van der Waals surface area contributed by atoms with Gasteiger partial charge in [0.1, 0.15) is 17.3 Å². The zero-order chi connectivity index (χ0) is 24.6. The number of ketones is 1. The Morgan fingerprint density at radius 2 is 1.65 bits per heavy atom. The van der Waals surface area contributed by atoms with Crippen molar-refractivity contribution in [3.05, 3.63) is 70.7 Å². The summed E-state index contributed by atoms with van der Waals surface area (Å²) in [7, 11) is 4.30. The summed E-state index contributed by atoms with van der Waals surface area (Å²) in [6, 6.07) is 8.40. The number of anilines is 1. The topological polar surface area (TPSA) is 111 Å². The van der Waals surface area contributed by atoms with E-state index in [0.29, 0.717) is 17.1 Å². The van der Waals surface area contributed by atoms with E-state index in [0.717, 1.165) is 17.0 Å². The van der Waals surface area contributed by atoms with Crippen molar-refractivity contribution in [2.45, 2.75) is 13.0 Å². The summed E-state index contributed by atoms with van der Waals surface area (Å²) in [4.78, 5) is 27.4. The highest BCUT2D eigenvalue weighted by molar-refractivity contribution is 6.51. The number of Topliss-reactive ketones (excluding diaryl/α,β-unsaturated/α-hetero) is 1. The van der Waals surface area contributed by atoms with Gasteiger partial charge in [0.05, 0.1) is 32.9 Å². The summed E-state index contributed by atoms with van der Waals surface area (Å²) in [5.41, 5.74) is 0.317. The van der Waals surface area contributed by atoms with E-state index in [1.807, 2.05) is 0 Å². The number of nitrogens with zero attached hydrogens (tertiary/aromatic N) is 2. The van der Waals surface area contributed by atoms with E-state index in [4.69, 9.17) is 18.7 Å². The molecule has 1 aromatic heterocycles. The highest BCUT2D eigenvalue weighted by atomic mass is 19.1. The van der Waals surface area contributed by atoms with Crippen LogP contribution >= 0.6 is 0 Å². The normalized spacial score (nSPS) is 17.2. The Labute approximate surface area is 193 Å². The molecule has 1 saturated heterocycles. The number of amides is 1. The van der Waals surface area contributed by atoms with Crippen molar-refractivity contribution < 1.29 is 37.8 Å². The summed E-state index contributed by atoms with van der Waals surface area (Å²) in [6.45, 7) is 1.64. The van der Waals surface area contributed by atoms with Crippen molar-refractivity contribution >= 4 is 23.3 Å². The third-order valence-electron chi connectivity index (χ3n) is 5.43. The summed E-state index contributed by atoms with van der Waals surface area (Å²) in [6.07, 6.45) is 0. The van der Waals surface area contributed by atoms with Crippen molar-refractivity contribution in [3.63, 3.8) is 0 Å². The zero-order valence-electron chi connectivity index (χ0n) is 18.8. The molecule has 2 aromatic carbocycles. The van der Waals surface area contributed by atoms with E-state index in [1.54, 1.807) is 19.1 Å². The van der Waals surface area contributed by atoms with Crippen molar-refractivity contribution in [3.8, 4) is 17.2 Å². The molecule has 0 spiro atoms. The van der Waals surface area contributed by atoms with Gasteiger partial charge in [-0.1, -0.05) is 5.16 Å². The molecular formula is C24H21FN2O7. The van der Waals surface area contributed by atoms with Crippen LogP contribution in [0, 0.1) is 12.7 Å². The Morgan fingerprint density at radius 3 is 2.15 bits per heavy atom. The van der Waals surface area contributed by atoms with E-state index in [-0.39, 0.29) is 28.5 Å². The Hall–Kier alpha value is -4.34. The lowest BCUT2D eigenvalue weighted by atomic mass is 9.94. The first kappa shape index (κ1) is 22.8. The molecule has 0 bridgehead atoms. The highest BCUT2D eigenvalue weighted by Crippen LogP contribution is 2.46. The second-order valence-electron chi connectivity index (χ2n) is 7.43.